The van der Waals surface area contributed by atoms with Crippen LogP contribution >= 0.6 is 23.2 Å². The van der Waals surface area contributed by atoms with Crippen LogP contribution in [0.25, 0.3) is 0 Å². The summed E-state index contributed by atoms with van der Waals surface area (Å²) in [4.78, 5) is 28.4. The SMILES string of the molecule is COC(=O)c1cccn1C1CCN(CC(=O)N(C)Cc2ccc(Cl)c(Cl)c2)CC1. The summed E-state index contributed by atoms with van der Waals surface area (Å²) in [5.74, 6) is -0.262. The van der Waals surface area contributed by atoms with Crippen molar-refractivity contribution in [3.63, 3.8) is 0 Å². The maximum absolute atomic E-state index is 12.6. The highest BCUT2D eigenvalue weighted by molar-refractivity contribution is 6.42. The summed E-state index contributed by atoms with van der Waals surface area (Å²) in [7, 11) is 3.18. The lowest BCUT2D eigenvalue weighted by molar-refractivity contribution is -0.132. The van der Waals surface area contributed by atoms with Crippen molar-refractivity contribution in [1.29, 1.82) is 0 Å². The minimum atomic E-state index is -0.323. The Labute approximate surface area is 180 Å². The monoisotopic (exact) mass is 437 g/mol. The first-order chi connectivity index (χ1) is 13.9. The second-order valence-electron chi connectivity index (χ2n) is 7.30. The Bertz CT molecular complexity index is 876. The first-order valence-corrected chi connectivity index (χ1v) is 10.3. The van der Waals surface area contributed by atoms with Crippen LogP contribution in [0.3, 0.4) is 0 Å². The summed E-state index contributed by atoms with van der Waals surface area (Å²) in [6.07, 6.45) is 3.67. The molecule has 1 aromatic carbocycles. The van der Waals surface area contributed by atoms with Crippen molar-refractivity contribution in [3.05, 3.63) is 57.8 Å². The van der Waals surface area contributed by atoms with E-state index in [9.17, 15) is 9.59 Å². The number of esters is 1. The van der Waals surface area contributed by atoms with Gasteiger partial charge >= 0.3 is 5.97 Å². The topological polar surface area (TPSA) is 54.8 Å². The average Bonchev–Trinajstić information content (AvgIpc) is 3.20. The van der Waals surface area contributed by atoms with Crippen molar-refractivity contribution in [3.8, 4) is 0 Å². The number of likely N-dealkylation sites (N-methyl/N-ethyl adjacent to an activating group) is 1. The molecule has 1 fully saturated rings. The standard InChI is InChI=1S/C21H25Cl2N3O3/c1-24(13-15-5-6-17(22)18(23)12-15)20(27)14-25-10-7-16(8-11-25)26-9-3-4-19(26)21(28)29-2/h3-6,9,12,16H,7-8,10-11,13-14H2,1-2H3. The van der Waals surface area contributed by atoms with E-state index in [4.69, 9.17) is 27.9 Å². The van der Waals surface area contributed by atoms with Crippen molar-refractivity contribution in [1.82, 2.24) is 14.4 Å². The van der Waals surface area contributed by atoms with Crippen LogP contribution in [0.2, 0.25) is 10.0 Å². The molecule has 0 saturated carbocycles. The minimum absolute atomic E-state index is 0.0609. The predicted octanol–water partition coefficient (Wildman–Crippen LogP) is 3.88. The van der Waals surface area contributed by atoms with Crippen LogP contribution in [0.4, 0.5) is 0 Å². The van der Waals surface area contributed by atoms with Crippen LogP contribution in [0, 0.1) is 0 Å². The molecule has 1 aromatic heterocycles. The van der Waals surface area contributed by atoms with Gasteiger partial charge in [-0.2, -0.15) is 0 Å². The largest absolute Gasteiger partial charge is 0.464 e. The average molecular weight is 438 g/mol. The molecule has 6 nitrogen and oxygen atoms in total. The van der Waals surface area contributed by atoms with Gasteiger partial charge in [-0.15, -0.1) is 0 Å². The van der Waals surface area contributed by atoms with Gasteiger partial charge in [0.15, 0.2) is 0 Å². The quantitative estimate of drug-likeness (QED) is 0.643. The molecule has 1 saturated heterocycles. The molecular weight excluding hydrogens is 413 g/mol. The third kappa shape index (κ3) is 5.32. The molecule has 1 aliphatic rings. The summed E-state index contributed by atoms with van der Waals surface area (Å²) in [6.45, 7) is 2.46. The number of aromatic nitrogens is 1. The summed E-state index contributed by atoms with van der Waals surface area (Å²) < 4.78 is 6.84. The zero-order valence-corrected chi connectivity index (χ0v) is 18.1. The van der Waals surface area contributed by atoms with E-state index in [2.05, 4.69) is 4.90 Å². The van der Waals surface area contributed by atoms with Gasteiger partial charge in [0.2, 0.25) is 5.91 Å². The van der Waals surface area contributed by atoms with Crippen molar-refractivity contribution in [2.45, 2.75) is 25.4 Å². The molecule has 1 amide bonds. The molecule has 3 rings (SSSR count). The van der Waals surface area contributed by atoms with E-state index in [0.29, 0.717) is 28.8 Å². The molecule has 1 aliphatic heterocycles. The fourth-order valence-electron chi connectivity index (χ4n) is 3.66. The van der Waals surface area contributed by atoms with Crippen molar-refractivity contribution in [2.75, 3.05) is 33.8 Å². The number of piperidine rings is 1. The third-order valence-electron chi connectivity index (χ3n) is 5.31. The molecule has 0 bridgehead atoms. The van der Waals surface area contributed by atoms with E-state index in [1.807, 2.05) is 22.9 Å². The number of amides is 1. The van der Waals surface area contributed by atoms with E-state index in [0.717, 1.165) is 31.5 Å². The van der Waals surface area contributed by atoms with E-state index < -0.39 is 0 Å². The Morgan fingerprint density at radius 1 is 1.17 bits per heavy atom. The number of hydrogen-bond donors (Lipinski definition) is 0. The Morgan fingerprint density at radius 2 is 1.90 bits per heavy atom. The van der Waals surface area contributed by atoms with Crippen LogP contribution in [-0.4, -0.2) is 60.0 Å². The third-order valence-corrected chi connectivity index (χ3v) is 6.05. The number of carbonyl (C=O) groups is 2. The number of methoxy groups -OCH3 is 1. The molecule has 2 heterocycles. The van der Waals surface area contributed by atoms with Crippen molar-refractivity contribution >= 4 is 35.1 Å². The van der Waals surface area contributed by atoms with Crippen LogP contribution in [-0.2, 0) is 16.1 Å². The van der Waals surface area contributed by atoms with Gasteiger partial charge in [0, 0.05) is 38.9 Å². The number of benzene rings is 1. The Morgan fingerprint density at radius 3 is 2.55 bits per heavy atom. The van der Waals surface area contributed by atoms with Crippen molar-refractivity contribution < 1.29 is 14.3 Å². The Hall–Kier alpha value is -2.02. The number of halogens is 2. The highest BCUT2D eigenvalue weighted by Crippen LogP contribution is 2.25. The van der Waals surface area contributed by atoms with Gasteiger partial charge in [-0.3, -0.25) is 9.69 Å². The fraction of sp³-hybridized carbons (Fsp3) is 0.429. The highest BCUT2D eigenvalue weighted by atomic mass is 35.5. The van der Waals surface area contributed by atoms with Crippen LogP contribution in [0.5, 0.6) is 0 Å². The molecule has 0 unspecified atom stereocenters. The van der Waals surface area contributed by atoms with Crippen molar-refractivity contribution in [2.24, 2.45) is 0 Å². The number of likely N-dealkylation sites (tertiary alicyclic amines) is 1. The van der Waals surface area contributed by atoms with Gasteiger partial charge in [0.25, 0.3) is 0 Å². The van der Waals surface area contributed by atoms with Crippen LogP contribution in [0.1, 0.15) is 34.9 Å². The number of hydrogen-bond acceptors (Lipinski definition) is 4. The predicted molar refractivity (Wildman–Crippen MR) is 113 cm³/mol. The first kappa shape index (κ1) is 21.7. The molecular formula is C21H25Cl2N3O3. The second-order valence-corrected chi connectivity index (χ2v) is 8.11. The number of carbonyl (C=O) groups excluding carboxylic acids is 2. The Kier molecular flexibility index (Phi) is 7.22. The molecule has 0 spiro atoms. The summed E-state index contributed by atoms with van der Waals surface area (Å²) >= 11 is 12.0. The van der Waals surface area contributed by atoms with Gasteiger partial charge in [-0.25, -0.2) is 4.79 Å². The number of rotatable bonds is 6. The Balaban J connectivity index is 1.51. The van der Waals surface area contributed by atoms with Gasteiger partial charge in [-0.1, -0.05) is 29.3 Å². The van der Waals surface area contributed by atoms with Gasteiger partial charge < -0.3 is 14.2 Å². The summed E-state index contributed by atoms with van der Waals surface area (Å²) in [5, 5.41) is 0.994. The number of nitrogens with zero attached hydrogens (tertiary/aromatic N) is 3. The van der Waals surface area contributed by atoms with E-state index in [1.54, 1.807) is 30.1 Å². The smallest absolute Gasteiger partial charge is 0.354 e. The van der Waals surface area contributed by atoms with Gasteiger partial charge in [0.1, 0.15) is 5.69 Å². The molecule has 0 N–H and O–H groups in total. The maximum Gasteiger partial charge on any atom is 0.354 e. The van der Waals surface area contributed by atoms with Gasteiger partial charge in [0.05, 0.1) is 23.7 Å². The molecule has 2 aromatic rings. The zero-order valence-electron chi connectivity index (χ0n) is 16.6. The summed E-state index contributed by atoms with van der Waals surface area (Å²) in [5.41, 5.74) is 1.51. The molecule has 0 atom stereocenters. The first-order valence-electron chi connectivity index (χ1n) is 9.54. The molecule has 156 valence electrons. The molecule has 0 aliphatic carbocycles. The maximum atomic E-state index is 12.6. The highest BCUT2D eigenvalue weighted by Gasteiger charge is 2.25. The lowest BCUT2D eigenvalue weighted by atomic mass is 10.0. The normalized spacial score (nSPS) is 15.3. The molecule has 29 heavy (non-hydrogen) atoms. The van der Waals surface area contributed by atoms with Crippen LogP contribution in [0.15, 0.2) is 36.5 Å². The van der Waals surface area contributed by atoms with E-state index in [1.165, 1.54) is 7.11 Å². The lowest BCUT2D eigenvalue weighted by Gasteiger charge is -2.33. The van der Waals surface area contributed by atoms with E-state index >= 15 is 0 Å². The molecule has 8 heteroatoms. The zero-order chi connectivity index (χ0) is 21.0. The summed E-state index contributed by atoms with van der Waals surface area (Å²) in [6, 6.07) is 9.28. The number of ether oxygens (including phenoxy) is 1. The van der Waals surface area contributed by atoms with Gasteiger partial charge in [-0.05, 0) is 42.7 Å². The fourth-order valence-corrected chi connectivity index (χ4v) is 3.98. The second kappa shape index (κ2) is 9.65. The van der Waals surface area contributed by atoms with E-state index in [-0.39, 0.29) is 17.9 Å². The van der Waals surface area contributed by atoms with Crippen LogP contribution < -0.4 is 0 Å². The minimum Gasteiger partial charge on any atom is -0.464 e. The lowest BCUT2D eigenvalue weighted by Crippen LogP contribution is -2.42. The molecule has 0 radical (unpaired) electrons.